The monoisotopic (exact) mass is 507 g/mol. The zero-order valence-electron chi connectivity index (χ0n) is 23.4. The minimum absolute atomic E-state index is 0.335. The Morgan fingerprint density at radius 1 is 0.641 bits per heavy atom. The Bertz CT molecular complexity index is 1690. The second-order valence-electron chi connectivity index (χ2n) is 11.6. The van der Waals surface area contributed by atoms with Crippen molar-refractivity contribution in [1.82, 2.24) is 0 Å². The van der Waals surface area contributed by atoms with Crippen molar-refractivity contribution in [3.8, 4) is 22.3 Å². The van der Waals surface area contributed by atoms with Crippen LogP contribution in [0.15, 0.2) is 97.1 Å². The van der Waals surface area contributed by atoms with Crippen molar-refractivity contribution in [1.29, 1.82) is 0 Å². The summed E-state index contributed by atoms with van der Waals surface area (Å²) in [5, 5.41) is 2.69. The average Bonchev–Trinajstić information content (AvgIpc) is 3.46. The minimum Gasteiger partial charge on any atom is -0.321 e. The van der Waals surface area contributed by atoms with Crippen molar-refractivity contribution in [3.63, 3.8) is 0 Å². The van der Waals surface area contributed by atoms with Crippen molar-refractivity contribution in [2.45, 2.75) is 63.8 Å². The number of rotatable bonds is 6. The van der Waals surface area contributed by atoms with Crippen molar-refractivity contribution in [2.75, 3.05) is 0 Å². The molecule has 0 bridgehead atoms. The van der Waals surface area contributed by atoms with E-state index in [0.29, 0.717) is 0 Å². The van der Waals surface area contributed by atoms with E-state index in [2.05, 4.69) is 118 Å². The number of aryl methyl sites for hydroxylation is 1. The van der Waals surface area contributed by atoms with Gasteiger partial charge in [0.05, 0.1) is 5.41 Å². The van der Waals surface area contributed by atoms with E-state index in [1.807, 2.05) is 0 Å². The normalized spacial score (nSPS) is 14.4. The summed E-state index contributed by atoms with van der Waals surface area (Å²) in [6, 6.07) is 37.2. The Kier molecular flexibility index (Phi) is 5.58. The molecule has 5 aromatic carbocycles. The van der Waals surface area contributed by atoms with Gasteiger partial charge in [0.15, 0.2) is 0 Å². The van der Waals surface area contributed by atoms with Crippen LogP contribution in [0.3, 0.4) is 0 Å². The molecule has 0 radical (unpaired) electrons. The van der Waals surface area contributed by atoms with Gasteiger partial charge in [-0.15, -0.1) is 0 Å². The maximum Gasteiger partial charge on any atom is 0.0725 e. The van der Waals surface area contributed by atoms with Crippen LogP contribution in [-0.4, -0.2) is 0 Å². The molecule has 2 N–H and O–H groups in total. The zero-order valence-corrected chi connectivity index (χ0v) is 23.4. The molecular formula is C38H37N. The molecule has 0 saturated carbocycles. The molecule has 0 aromatic heterocycles. The van der Waals surface area contributed by atoms with Crippen LogP contribution < -0.4 is 5.73 Å². The third-order valence-electron chi connectivity index (χ3n) is 9.79. The lowest BCUT2D eigenvalue weighted by atomic mass is 9.69. The summed E-state index contributed by atoms with van der Waals surface area (Å²) in [5.41, 5.74) is 20.1. The molecular weight excluding hydrogens is 470 g/mol. The lowest BCUT2D eigenvalue weighted by molar-refractivity contribution is 0.412. The van der Waals surface area contributed by atoms with Crippen LogP contribution in [0.2, 0.25) is 0 Å². The third-order valence-corrected chi connectivity index (χ3v) is 9.79. The van der Waals surface area contributed by atoms with E-state index in [-0.39, 0.29) is 11.0 Å². The fraction of sp³-hybridized carbons (Fsp3) is 0.263. The van der Waals surface area contributed by atoms with Gasteiger partial charge in [-0.3, -0.25) is 0 Å². The summed E-state index contributed by atoms with van der Waals surface area (Å²) >= 11 is 0. The molecule has 1 heteroatoms. The number of unbranched alkanes of at least 4 members (excludes halogenated alkanes) is 1. The molecule has 1 spiro atoms. The van der Waals surface area contributed by atoms with Crippen molar-refractivity contribution >= 4 is 10.8 Å². The number of fused-ring (bicyclic) bond motifs is 12. The first kappa shape index (κ1) is 24.4. The first-order valence-corrected chi connectivity index (χ1v) is 14.8. The number of hydrogen-bond donors (Lipinski definition) is 1. The van der Waals surface area contributed by atoms with Crippen molar-refractivity contribution in [2.24, 2.45) is 5.73 Å². The van der Waals surface area contributed by atoms with E-state index in [4.69, 9.17) is 5.73 Å². The molecule has 0 amide bonds. The molecule has 0 unspecified atom stereocenters. The molecule has 2 aliphatic rings. The Labute approximate surface area is 232 Å². The van der Waals surface area contributed by atoms with Gasteiger partial charge >= 0.3 is 0 Å². The van der Waals surface area contributed by atoms with Crippen LogP contribution >= 0.6 is 0 Å². The maximum atomic E-state index is 7.05. The molecule has 0 saturated heterocycles. The number of hydrogen-bond acceptors (Lipinski definition) is 1. The van der Waals surface area contributed by atoms with Crippen LogP contribution in [0, 0.1) is 0 Å². The zero-order chi connectivity index (χ0) is 26.8. The molecule has 39 heavy (non-hydrogen) atoms. The Morgan fingerprint density at radius 3 is 1.97 bits per heavy atom. The van der Waals surface area contributed by atoms with Gasteiger partial charge in [0.1, 0.15) is 0 Å². The third kappa shape index (κ3) is 3.23. The van der Waals surface area contributed by atoms with Gasteiger partial charge in [-0.25, -0.2) is 0 Å². The predicted octanol–water partition coefficient (Wildman–Crippen LogP) is 9.50. The molecule has 5 aromatic rings. The summed E-state index contributed by atoms with van der Waals surface area (Å²) in [5.74, 6) is 0. The highest BCUT2D eigenvalue weighted by atomic mass is 14.7. The van der Waals surface area contributed by atoms with Gasteiger partial charge < -0.3 is 5.73 Å². The fourth-order valence-corrected chi connectivity index (χ4v) is 7.51. The van der Waals surface area contributed by atoms with Crippen LogP contribution in [0.5, 0.6) is 0 Å². The van der Waals surface area contributed by atoms with E-state index < -0.39 is 0 Å². The summed E-state index contributed by atoms with van der Waals surface area (Å²) in [4.78, 5) is 0. The lowest BCUT2D eigenvalue weighted by Crippen LogP contribution is -2.35. The van der Waals surface area contributed by atoms with Crippen molar-refractivity contribution in [3.05, 3.63) is 130 Å². The maximum absolute atomic E-state index is 7.05. The largest absolute Gasteiger partial charge is 0.321 e. The van der Waals surface area contributed by atoms with E-state index in [1.54, 1.807) is 0 Å². The van der Waals surface area contributed by atoms with Crippen LogP contribution in [-0.2, 0) is 17.4 Å². The molecule has 0 atom stereocenters. The lowest BCUT2D eigenvalue weighted by Gasteiger charge is -2.33. The molecule has 0 fully saturated rings. The van der Waals surface area contributed by atoms with Crippen LogP contribution in [0.1, 0.15) is 79.8 Å². The van der Waals surface area contributed by atoms with E-state index >= 15 is 0 Å². The van der Waals surface area contributed by atoms with E-state index in [1.165, 1.54) is 79.2 Å². The first-order valence-electron chi connectivity index (χ1n) is 14.8. The standard InChI is InChI=1S/C38H37N/c1-4-7-12-25-17-18-26-19-22-34-36(31(26)23-25)30-21-20-27(37(39,5-2)6-3)24-35(30)38(34)32-15-10-8-13-28(32)29-14-9-11-16-33(29)38/h8-11,13-24H,4-7,12,39H2,1-3H3. The highest BCUT2D eigenvalue weighted by Gasteiger charge is 2.52. The highest BCUT2D eigenvalue weighted by Crippen LogP contribution is 2.64. The Morgan fingerprint density at radius 2 is 1.31 bits per heavy atom. The smallest absolute Gasteiger partial charge is 0.0725 e. The minimum atomic E-state index is -0.343. The second kappa shape index (κ2) is 8.93. The van der Waals surface area contributed by atoms with Crippen LogP contribution in [0.4, 0.5) is 0 Å². The van der Waals surface area contributed by atoms with Gasteiger partial charge in [0.2, 0.25) is 0 Å². The fourth-order valence-electron chi connectivity index (χ4n) is 7.51. The van der Waals surface area contributed by atoms with E-state index in [9.17, 15) is 0 Å². The summed E-state index contributed by atoms with van der Waals surface area (Å²) in [6.07, 6.45) is 5.39. The first-order chi connectivity index (χ1) is 19.1. The summed E-state index contributed by atoms with van der Waals surface area (Å²) < 4.78 is 0. The van der Waals surface area contributed by atoms with Gasteiger partial charge in [-0.05, 0) is 92.1 Å². The highest BCUT2D eigenvalue weighted by molar-refractivity contribution is 6.06. The molecule has 1 nitrogen and oxygen atoms in total. The second-order valence-corrected chi connectivity index (χ2v) is 11.6. The topological polar surface area (TPSA) is 26.0 Å². The number of benzene rings is 5. The van der Waals surface area contributed by atoms with Crippen LogP contribution in [0.25, 0.3) is 33.0 Å². The molecule has 0 heterocycles. The average molecular weight is 508 g/mol. The van der Waals surface area contributed by atoms with Gasteiger partial charge in [-0.1, -0.05) is 124 Å². The SMILES string of the molecule is CCCCc1ccc2ccc3c(c2c1)-c1ccc(C(N)(CC)CC)cc1C31c2ccccc2-c2ccccc21. The van der Waals surface area contributed by atoms with Gasteiger partial charge in [0.25, 0.3) is 0 Å². The predicted molar refractivity (Wildman–Crippen MR) is 165 cm³/mol. The molecule has 7 rings (SSSR count). The Hall–Kier alpha value is -3.68. The molecule has 2 aliphatic carbocycles. The summed E-state index contributed by atoms with van der Waals surface area (Å²) in [6.45, 7) is 6.70. The van der Waals surface area contributed by atoms with Gasteiger partial charge in [-0.2, -0.15) is 0 Å². The van der Waals surface area contributed by atoms with Gasteiger partial charge in [0, 0.05) is 5.54 Å². The van der Waals surface area contributed by atoms with Crippen molar-refractivity contribution < 1.29 is 0 Å². The summed E-state index contributed by atoms with van der Waals surface area (Å²) in [7, 11) is 0. The Balaban J connectivity index is 1.63. The number of nitrogens with two attached hydrogens (primary N) is 1. The molecule has 0 aliphatic heterocycles. The van der Waals surface area contributed by atoms with E-state index in [0.717, 1.165) is 19.3 Å². The quantitative estimate of drug-likeness (QED) is 0.238. The molecule has 194 valence electrons.